The van der Waals surface area contributed by atoms with Gasteiger partial charge < -0.3 is 14.6 Å². The van der Waals surface area contributed by atoms with Crippen LogP contribution in [0, 0.1) is 5.92 Å². The molecule has 2 amide bonds. The van der Waals surface area contributed by atoms with Crippen LogP contribution in [-0.2, 0) is 30.5 Å². The predicted molar refractivity (Wildman–Crippen MR) is 102 cm³/mol. The van der Waals surface area contributed by atoms with Crippen molar-refractivity contribution in [2.45, 2.75) is 45.1 Å². The Kier molecular flexibility index (Phi) is 6.00. The number of morpholine rings is 1. The Bertz CT molecular complexity index is 782. The van der Waals surface area contributed by atoms with Crippen LogP contribution >= 0.6 is 0 Å². The van der Waals surface area contributed by atoms with Crippen LogP contribution < -0.4 is 0 Å². The predicted octanol–water partition coefficient (Wildman–Crippen LogP) is 1.38. The first-order chi connectivity index (χ1) is 12.8. The average Bonchev–Trinajstić information content (AvgIpc) is 3.16. The zero-order chi connectivity index (χ0) is 19.5. The standard InChI is InChI=1S/C18H28N4O4S/c1-14(2)17(24)22-9-10-26-18(13-22)5-11-27(25,12-6-18)21-16(23)4-3-15-19-7-8-20-15/h7-8,14H,3-6,9-13H2,1-2H3,(H,19,20). The van der Waals surface area contributed by atoms with Gasteiger partial charge in [0.2, 0.25) is 5.91 Å². The zero-order valence-electron chi connectivity index (χ0n) is 16.0. The molecular formula is C18H28N4O4S. The maximum Gasteiger partial charge on any atom is 0.254 e. The Hall–Kier alpha value is -1.74. The number of imidazole rings is 1. The van der Waals surface area contributed by atoms with E-state index in [0.717, 1.165) is 5.82 Å². The molecule has 2 aliphatic rings. The van der Waals surface area contributed by atoms with Gasteiger partial charge in [-0.2, -0.15) is 4.36 Å². The van der Waals surface area contributed by atoms with Crippen molar-refractivity contribution in [2.75, 3.05) is 31.2 Å². The second-order valence-corrected chi connectivity index (χ2v) is 10.2. The fourth-order valence-corrected chi connectivity index (χ4v) is 5.83. The number of aromatic nitrogens is 2. The third-order valence-corrected chi connectivity index (χ3v) is 7.43. The van der Waals surface area contributed by atoms with Gasteiger partial charge in [-0.25, -0.2) is 9.19 Å². The lowest BCUT2D eigenvalue weighted by atomic mass is 9.93. The van der Waals surface area contributed by atoms with Gasteiger partial charge in [-0.05, 0) is 12.8 Å². The summed E-state index contributed by atoms with van der Waals surface area (Å²) in [6, 6.07) is 0. The summed E-state index contributed by atoms with van der Waals surface area (Å²) in [7, 11) is -2.55. The molecule has 2 aliphatic heterocycles. The molecule has 27 heavy (non-hydrogen) atoms. The molecule has 1 spiro atoms. The zero-order valence-corrected chi connectivity index (χ0v) is 16.8. The number of nitrogens with zero attached hydrogens (tertiary/aromatic N) is 3. The maximum absolute atomic E-state index is 13.0. The first-order valence-electron chi connectivity index (χ1n) is 9.47. The molecule has 1 aromatic rings. The monoisotopic (exact) mass is 396 g/mol. The van der Waals surface area contributed by atoms with Crippen LogP contribution in [0.3, 0.4) is 0 Å². The van der Waals surface area contributed by atoms with Gasteiger partial charge in [0.15, 0.2) is 0 Å². The molecule has 2 fully saturated rings. The Balaban J connectivity index is 1.58. The highest BCUT2D eigenvalue weighted by molar-refractivity contribution is 7.93. The Morgan fingerprint density at radius 3 is 2.78 bits per heavy atom. The summed E-state index contributed by atoms with van der Waals surface area (Å²) < 4.78 is 23.0. The van der Waals surface area contributed by atoms with E-state index in [-0.39, 0.29) is 24.2 Å². The van der Waals surface area contributed by atoms with E-state index in [2.05, 4.69) is 14.3 Å². The van der Waals surface area contributed by atoms with Crippen LogP contribution in [0.25, 0.3) is 0 Å². The van der Waals surface area contributed by atoms with Crippen LogP contribution in [0.4, 0.5) is 0 Å². The van der Waals surface area contributed by atoms with Crippen molar-refractivity contribution in [1.82, 2.24) is 14.9 Å². The highest BCUT2D eigenvalue weighted by Gasteiger charge is 2.42. The topological polar surface area (TPSA) is 105 Å². The fourth-order valence-electron chi connectivity index (χ4n) is 3.60. The van der Waals surface area contributed by atoms with Gasteiger partial charge in [-0.1, -0.05) is 13.8 Å². The summed E-state index contributed by atoms with van der Waals surface area (Å²) in [4.78, 5) is 33.3. The molecule has 0 atom stereocenters. The summed E-state index contributed by atoms with van der Waals surface area (Å²) >= 11 is 0. The number of carbonyl (C=O) groups excluding carboxylic acids is 2. The molecule has 9 heteroatoms. The number of rotatable bonds is 4. The minimum Gasteiger partial charge on any atom is -0.371 e. The first-order valence-corrected chi connectivity index (χ1v) is 11.3. The number of aromatic amines is 1. The van der Waals surface area contributed by atoms with Gasteiger partial charge in [0, 0.05) is 55.7 Å². The second-order valence-electron chi connectivity index (χ2n) is 7.65. The largest absolute Gasteiger partial charge is 0.371 e. The molecule has 150 valence electrons. The molecule has 2 saturated heterocycles. The molecule has 1 aromatic heterocycles. The highest BCUT2D eigenvalue weighted by Crippen LogP contribution is 2.32. The number of amides is 2. The smallest absolute Gasteiger partial charge is 0.254 e. The van der Waals surface area contributed by atoms with Crippen molar-refractivity contribution < 1.29 is 18.5 Å². The fraction of sp³-hybridized carbons (Fsp3) is 0.722. The first kappa shape index (κ1) is 20.0. The second kappa shape index (κ2) is 8.10. The Labute approximate surface area is 160 Å². The van der Waals surface area contributed by atoms with E-state index in [1.807, 2.05) is 18.7 Å². The van der Waals surface area contributed by atoms with Crippen molar-refractivity contribution in [2.24, 2.45) is 10.3 Å². The van der Waals surface area contributed by atoms with Crippen LogP contribution in [0.5, 0.6) is 0 Å². The summed E-state index contributed by atoms with van der Waals surface area (Å²) in [5, 5.41) is 0. The number of nitrogens with one attached hydrogen (secondary N) is 1. The molecule has 0 saturated carbocycles. The number of aryl methyl sites for hydroxylation is 1. The van der Waals surface area contributed by atoms with Gasteiger partial charge in [-0.15, -0.1) is 0 Å². The van der Waals surface area contributed by atoms with Crippen molar-refractivity contribution >= 4 is 21.5 Å². The molecule has 3 heterocycles. The highest BCUT2D eigenvalue weighted by atomic mass is 32.2. The van der Waals surface area contributed by atoms with Crippen LogP contribution in [0.2, 0.25) is 0 Å². The third kappa shape index (κ3) is 4.95. The van der Waals surface area contributed by atoms with E-state index >= 15 is 0 Å². The summed E-state index contributed by atoms with van der Waals surface area (Å²) in [5.74, 6) is 1.14. The van der Waals surface area contributed by atoms with Gasteiger partial charge in [0.05, 0.1) is 21.9 Å². The van der Waals surface area contributed by atoms with Gasteiger partial charge >= 0.3 is 0 Å². The van der Waals surface area contributed by atoms with Crippen molar-refractivity contribution in [3.63, 3.8) is 0 Å². The molecule has 8 nitrogen and oxygen atoms in total. The summed E-state index contributed by atoms with van der Waals surface area (Å²) in [5.41, 5.74) is -0.448. The third-order valence-electron chi connectivity index (χ3n) is 5.21. The lowest BCUT2D eigenvalue weighted by Gasteiger charge is -2.45. The molecule has 0 aromatic carbocycles. The van der Waals surface area contributed by atoms with E-state index in [1.165, 1.54) is 0 Å². The van der Waals surface area contributed by atoms with Crippen molar-refractivity contribution in [3.05, 3.63) is 18.2 Å². The van der Waals surface area contributed by atoms with E-state index in [0.29, 0.717) is 50.5 Å². The molecule has 0 radical (unpaired) electrons. The number of hydrogen-bond donors (Lipinski definition) is 1. The number of H-pyrrole nitrogens is 1. The van der Waals surface area contributed by atoms with Gasteiger partial charge in [-0.3, -0.25) is 9.59 Å². The van der Waals surface area contributed by atoms with Crippen LogP contribution in [0.15, 0.2) is 16.8 Å². The lowest BCUT2D eigenvalue weighted by Crippen LogP contribution is -2.57. The summed E-state index contributed by atoms with van der Waals surface area (Å²) in [6.07, 6.45) is 5.11. The molecule has 0 unspecified atom stereocenters. The van der Waals surface area contributed by atoms with Gasteiger partial charge in [0.25, 0.3) is 5.91 Å². The lowest BCUT2D eigenvalue weighted by molar-refractivity contribution is -0.154. The quantitative estimate of drug-likeness (QED) is 0.828. The van der Waals surface area contributed by atoms with Crippen LogP contribution in [0.1, 0.15) is 38.9 Å². The number of carbonyl (C=O) groups is 2. The molecular weight excluding hydrogens is 368 g/mol. The minimum absolute atomic E-state index is 0.0465. The van der Waals surface area contributed by atoms with Gasteiger partial charge in [0.1, 0.15) is 5.82 Å². The normalized spacial score (nSPS) is 28.5. The minimum atomic E-state index is -2.55. The van der Waals surface area contributed by atoms with E-state index < -0.39 is 15.3 Å². The van der Waals surface area contributed by atoms with Crippen molar-refractivity contribution in [1.29, 1.82) is 0 Å². The Morgan fingerprint density at radius 2 is 2.15 bits per heavy atom. The van der Waals surface area contributed by atoms with Crippen LogP contribution in [-0.4, -0.2) is 67.7 Å². The van der Waals surface area contributed by atoms with E-state index in [9.17, 15) is 13.8 Å². The van der Waals surface area contributed by atoms with E-state index in [4.69, 9.17) is 4.74 Å². The number of hydrogen-bond acceptors (Lipinski definition) is 5. The molecule has 0 bridgehead atoms. The average molecular weight is 397 g/mol. The van der Waals surface area contributed by atoms with E-state index in [1.54, 1.807) is 12.4 Å². The molecule has 1 N–H and O–H groups in total. The summed E-state index contributed by atoms with van der Waals surface area (Å²) in [6.45, 7) is 5.42. The molecule has 3 rings (SSSR count). The Morgan fingerprint density at radius 1 is 1.41 bits per heavy atom. The van der Waals surface area contributed by atoms with Crippen molar-refractivity contribution in [3.8, 4) is 0 Å². The molecule has 0 aliphatic carbocycles. The number of ether oxygens (including phenoxy) is 1. The maximum atomic E-state index is 13.0. The SMILES string of the molecule is CC(C)C(=O)N1CCOC2(CCS(=O)(=NC(=O)CCc3ncc[nH]3)CC2)C1.